The highest BCUT2D eigenvalue weighted by Crippen LogP contribution is 2.27. The highest BCUT2D eigenvalue weighted by Gasteiger charge is 2.29. The van der Waals surface area contributed by atoms with E-state index in [1.54, 1.807) is 18.5 Å². The topological polar surface area (TPSA) is 65.5 Å². The molecule has 1 aromatic heterocycles. The summed E-state index contributed by atoms with van der Waals surface area (Å²) in [7, 11) is 0. The fraction of sp³-hybridized carbons (Fsp3) is 0.625. The Hall–Kier alpha value is -1.62. The van der Waals surface area contributed by atoms with E-state index in [4.69, 9.17) is 5.11 Å². The minimum absolute atomic E-state index is 0.0501. The molecule has 1 aliphatic carbocycles. The van der Waals surface area contributed by atoms with E-state index >= 15 is 0 Å². The first-order valence-corrected chi connectivity index (χ1v) is 7.87. The molecule has 0 atom stereocenters. The number of aliphatic hydroxyl groups is 1. The molecule has 0 unspecified atom stereocenters. The van der Waals surface area contributed by atoms with Crippen LogP contribution in [0.2, 0.25) is 0 Å². The average Bonchev–Trinajstić information content (AvgIpc) is 2.47. The highest BCUT2D eigenvalue weighted by atomic mass is 16.3. The molecule has 1 heterocycles. The normalized spacial score (nSPS) is 14.6. The van der Waals surface area contributed by atoms with Crippen molar-refractivity contribution in [1.29, 1.82) is 0 Å². The van der Waals surface area contributed by atoms with Crippen LogP contribution in [0, 0.1) is 0 Å². The SMILES string of the molecule is CCCNc1cnccc1C(=O)N(CCCO)C1CCC1. The number of pyridine rings is 1. The van der Waals surface area contributed by atoms with Crippen LogP contribution in [0.1, 0.15) is 49.4 Å². The van der Waals surface area contributed by atoms with Gasteiger partial charge in [0.1, 0.15) is 0 Å². The molecule has 1 fully saturated rings. The maximum absolute atomic E-state index is 12.8. The van der Waals surface area contributed by atoms with Gasteiger partial charge in [0, 0.05) is 31.9 Å². The van der Waals surface area contributed by atoms with E-state index in [0.717, 1.165) is 31.5 Å². The van der Waals surface area contributed by atoms with Crippen molar-refractivity contribution in [2.75, 3.05) is 25.0 Å². The Morgan fingerprint density at radius 3 is 2.95 bits per heavy atom. The molecular formula is C16H25N3O2. The lowest BCUT2D eigenvalue weighted by molar-refractivity contribution is 0.0563. The van der Waals surface area contributed by atoms with E-state index in [-0.39, 0.29) is 12.5 Å². The van der Waals surface area contributed by atoms with Gasteiger partial charge in [0.05, 0.1) is 17.4 Å². The van der Waals surface area contributed by atoms with Crippen molar-refractivity contribution in [2.24, 2.45) is 0 Å². The number of carbonyl (C=O) groups is 1. The molecule has 1 aromatic rings. The minimum Gasteiger partial charge on any atom is -0.396 e. The lowest BCUT2D eigenvalue weighted by Crippen LogP contribution is -2.45. The van der Waals surface area contributed by atoms with Crippen molar-refractivity contribution in [3.63, 3.8) is 0 Å². The van der Waals surface area contributed by atoms with Gasteiger partial charge in [-0.05, 0) is 38.2 Å². The predicted molar refractivity (Wildman–Crippen MR) is 83.4 cm³/mol. The summed E-state index contributed by atoms with van der Waals surface area (Å²) in [6, 6.07) is 2.11. The van der Waals surface area contributed by atoms with Crippen LogP contribution >= 0.6 is 0 Å². The largest absolute Gasteiger partial charge is 0.396 e. The molecule has 2 rings (SSSR count). The quantitative estimate of drug-likeness (QED) is 0.771. The van der Waals surface area contributed by atoms with Gasteiger partial charge in [-0.1, -0.05) is 6.92 Å². The summed E-state index contributed by atoms with van der Waals surface area (Å²) in [4.78, 5) is 18.9. The molecule has 21 heavy (non-hydrogen) atoms. The zero-order valence-electron chi connectivity index (χ0n) is 12.7. The van der Waals surface area contributed by atoms with Gasteiger partial charge in [-0.3, -0.25) is 9.78 Å². The molecule has 5 nitrogen and oxygen atoms in total. The van der Waals surface area contributed by atoms with Gasteiger partial charge >= 0.3 is 0 Å². The molecule has 1 aliphatic rings. The minimum atomic E-state index is 0.0501. The van der Waals surface area contributed by atoms with E-state index < -0.39 is 0 Å². The second-order valence-electron chi connectivity index (χ2n) is 5.51. The van der Waals surface area contributed by atoms with Crippen LogP contribution in [-0.2, 0) is 0 Å². The maximum Gasteiger partial charge on any atom is 0.256 e. The number of amides is 1. The van der Waals surface area contributed by atoms with Crippen LogP contribution in [0.4, 0.5) is 5.69 Å². The van der Waals surface area contributed by atoms with Gasteiger partial charge in [0.2, 0.25) is 0 Å². The fourth-order valence-electron chi connectivity index (χ4n) is 2.53. The zero-order chi connectivity index (χ0) is 15.1. The molecular weight excluding hydrogens is 266 g/mol. The second-order valence-corrected chi connectivity index (χ2v) is 5.51. The predicted octanol–water partition coefficient (Wildman–Crippen LogP) is 2.28. The molecule has 0 aromatic carbocycles. The van der Waals surface area contributed by atoms with Gasteiger partial charge in [-0.2, -0.15) is 0 Å². The first-order chi connectivity index (χ1) is 10.3. The first-order valence-electron chi connectivity index (χ1n) is 7.87. The lowest BCUT2D eigenvalue weighted by Gasteiger charge is -2.38. The monoisotopic (exact) mass is 291 g/mol. The molecule has 116 valence electrons. The summed E-state index contributed by atoms with van der Waals surface area (Å²) in [5.74, 6) is 0.0501. The fourth-order valence-corrected chi connectivity index (χ4v) is 2.53. The Morgan fingerprint density at radius 1 is 1.52 bits per heavy atom. The van der Waals surface area contributed by atoms with Crippen LogP contribution in [0.3, 0.4) is 0 Å². The van der Waals surface area contributed by atoms with Crippen LogP contribution < -0.4 is 5.32 Å². The van der Waals surface area contributed by atoms with Gasteiger partial charge in [0.15, 0.2) is 0 Å². The van der Waals surface area contributed by atoms with Gasteiger partial charge in [-0.25, -0.2) is 0 Å². The van der Waals surface area contributed by atoms with Crippen molar-refractivity contribution < 1.29 is 9.90 Å². The summed E-state index contributed by atoms with van der Waals surface area (Å²) < 4.78 is 0. The van der Waals surface area contributed by atoms with Gasteiger partial charge in [0.25, 0.3) is 5.91 Å². The molecule has 5 heteroatoms. The van der Waals surface area contributed by atoms with Crippen LogP contribution in [0.15, 0.2) is 18.5 Å². The Kier molecular flexibility index (Phi) is 5.99. The number of nitrogens with one attached hydrogen (secondary N) is 1. The number of hydrogen-bond acceptors (Lipinski definition) is 4. The molecule has 0 saturated heterocycles. The summed E-state index contributed by atoms with van der Waals surface area (Å²) >= 11 is 0. The number of aliphatic hydroxyl groups excluding tert-OH is 1. The molecule has 1 amide bonds. The number of carbonyl (C=O) groups excluding carboxylic acids is 1. The molecule has 2 N–H and O–H groups in total. The standard InChI is InChI=1S/C16H25N3O2/c1-2-8-18-15-12-17-9-7-14(15)16(21)19(10-4-11-20)13-5-3-6-13/h7,9,12-13,18,20H,2-6,8,10-11H2,1H3. The Labute approximate surface area is 126 Å². The van der Waals surface area contributed by atoms with Crippen molar-refractivity contribution >= 4 is 11.6 Å². The lowest BCUT2D eigenvalue weighted by atomic mass is 9.90. The summed E-state index contributed by atoms with van der Waals surface area (Å²) in [6.45, 7) is 3.65. The number of aromatic nitrogens is 1. The van der Waals surface area contributed by atoms with E-state index in [2.05, 4.69) is 17.2 Å². The van der Waals surface area contributed by atoms with E-state index in [1.165, 1.54) is 6.42 Å². The third-order valence-electron chi connectivity index (χ3n) is 3.95. The number of hydrogen-bond donors (Lipinski definition) is 2. The van der Waals surface area contributed by atoms with E-state index in [9.17, 15) is 4.79 Å². The number of rotatable bonds is 8. The van der Waals surface area contributed by atoms with Crippen LogP contribution in [0.5, 0.6) is 0 Å². The van der Waals surface area contributed by atoms with Crippen molar-refractivity contribution in [3.05, 3.63) is 24.0 Å². The smallest absolute Gasteiger partial charge is 0.256 e. The van der Waals surface area contributed by atoms with Crippen molar-refractivity contribution in [2.45, 2.75) is 45.1 Å². The summed E-state index contributed by atoms with van der Waals surface area (Å²) in [6.07, 6.45) is 8.33. The van der Waals surface area contributed by atoms with E-state index in [0.29, 0.717) is 24.6 Å². The maximum atomic E-state index is 12.8. The Morgan fingerprint density at radius 2 is 2.33 bits per heavy atom. The third kappa shape index (κ3) is 3.94. The highest BCUT2D eigenvalue weighted by molar-refractivity contribution is 5.99. The molecule has 0 spiro atoms. The number of anilines is 1. The summed E-state index contributed by atoms with van der Waals surface area (Å²) in [5.41, 5.74) is 1.49. The Bertz CT molecular complexity index is 461. The molecule has 0 aliphatic heterocycles. The Balaban J connectivity index is 2.15. The van der Waals surface area contributed by atoms with Gasteiger partial charge < -0.3 is 15.3 Å². The van der Waals surface area contributed by atoms with Gasteiger partial charge in [-0.15, -0.1) is 0 Å². The van der Waals surface area contributed by atoms with Crippen molar-refractivity contribution in [1.82, 2.24) is 9.88 Å². The van der Waals surface area contributed by atoms with Crippen molar-refractivity contribution in [3.8, 4) is 0 Å². The second kappa shape index (κ2) is 7.98. The average molecular weight is 291 g/mol. The third-order valence-corrected chi connectivity index (χ3v) is 3.95. The first kappa shape index (κ1) is 15.8. The molecule has 0 bridgehead atoms. The van der Waals surface area contributed by atoms with Crippen LogP contribution in [-0.4, -0.2) is 46.6 Å². The summed E-state index contributed by atoms with van der Waals surface area (Å²) in [5, 5.41) is 12.3. The number of nitrogens with zero attached hydrogens (tertiary/aromatic N) is 2. The molecule has 0 radical (unpaired) electrons. The zero-order valence-corrected chi connectivity index (χ0v) is 12.7. The van der Waals surface area contributed by atoms with E-state index in [1.807, 2.05) is 4.90 Å². The van der Waals surface area contributed by atoms with Crippen LogP contribution in [0.25, 0.3) is 0 Å². The molecule has 1 saturated carbocycles.